The Morgan fingerprint density at radius 2 is 1.47 bits per heavy atom. The molecule has 0 saturated carbocycles. The van der Waals surface area contributed by atoms with Crippen molar-refractivity contribution >= 4 is 39.4 Å². The molecular formula is C34H38N4O10S. The molecule has 49 heavy (non-hydrogen) atoms. The number of unbranched alkanes of at least 4 members (excludes halogenated alkanes) is 1. The highest BCUT2D eigenvalue weighted by Gasteiger charge is 2.44. The highest BCUT2D eigenvalue weighted by molar-refractivity contribution is 7.91. The van der Waals surface area contributed by atoms with Gasteiger partial charge in [0.25, 0.3) is 11.8 Å². The summed E-state index contributed by atoms with van der Waals surface area (Å²) in [5, 5.41) is 16.9. The van der Waals surface area contributed by atoms with Gasteiger partial charge in [-0.2, -0.15) is 0 Å². The summed E-state index contributed by atoms with van der Waals surface area (Å²) in [6, 6.07) is 20.3. The average Bonchev–Trinajstić information content (AvgIpc) is 3.08. The number of nitrogens with one attached hydrogen (secondary N) is 3. The largest absolute Gasteiger partial charge is 0.482 e. The highest BCUT2D eigenvalue weighted by Crippen LogP contribution is 2.25. The molecule has 0 radical (unpaired) electrons. The predicted molar refractivity (Wildman–Crippen MR) is 178 cm³/mol. The third-order valence-electron chi connectivity index (χ3n) is 7.89. The number of carbonyl (C=O) groups excluding carboxylic acids is 4. The maximum atomic E-state index is 13.6. The number of benzene rings is 3. The lowest BCUT2D eigenvalue weighted by Gasteiger charge is -2.36. The SMILES string of the molecule is NC(=O)C1(NC(=O)[C@H](CCCCNC(=O)c2cccc(OCC(=O)O)c2)NC(=O)c2ccc(Oc3ccccc3)cc2)CCS(=O)(=O)CC1. The minimum Gasteiger partial charge on any atom is -0.482 e. The van der Waals surface area contributed by atoms with E-state index in [9.17, 15) is 32.4 Å². The Morgan fingerprint density at radius 1 is 0.816 bits per heavy atom. The molecule has 1 saturated heterocycles. The van der Waals surface area contributed by atoms with Crippen LogP contribution in [0.5, 0.6) is 17.2 Å². The quantitative estimate of drug-likeness (QED) is 0.138. The van der Waals surface area contributed by atoms with Gasteiger partial charge >= 0.3 is 5.97 Å². The number of rotatable bonds is 16. The molecular weight excluding hydrogens is 656 g/mol. The molecule has 0 unspecified atom stereocenters. The van der Waals surface area contributed by atoms with Gasteiger partial charge in [-0.05, 0) is 86.7 Å². The maximum absolute atomic E-state index is 13.6. The van der Waals surface area contributed by atoms with Gasteiger partial charge in [0.05, 0.1) is 11.5 Å². The Bertz CT molecular complexity index is 1750. The third-order valence-corrected chi connectivity index (χ3v) is 9.55. The van der Waals surface area contributed by atoms with Crippen LogP contribution < -0.4 is 31.2 Å². The van der Waals surface area contributed by atoms with E-state index in [1.165, 1.54) is 24.3 Å². The van der Waals surface area contributed by atoms with Crippen LogP contribution in [0.1, 0.15) is 52.8 Å². The second-order valence-electron chi connectivity index (χ2n) is 11.5. The maximum Gasteiger partial charge on any atom is 0.341 e. The van der Waals surface area contributed by atoms with Gasteiger partial charge in [-0.15, -0.1) is 0 Å². The number of sulfone groups is 1. The molecule has 1 heterocycles. The van der Waals surface area contributed by atoms with Crippen LogP contribution in [0, 0.1) is 0 Å². The molecule has 6 N–H and O–H groups in total. The molecule has 0 aromatic heterocycles. The number of hydrogen-bond acceptors (Lipinski definition) is 9. The van der Waals surface area contributed by atoms with Gasteiger partial charge in [-0.25, -0.2) is 13.2 Å². The second-order valence-corrected chi connectivity index (χ2v) is 13.8. The molecule has 4 rings (SSSR count). The third kappa shape index (κ3) is 10.8. The number of carboxylic acid groups (broad SMARTS) is 1. The number of carbonyl (C=O) groups is 5. The molecule has 15 heteroatoms. The fraction of sp³-hybridized carbons (Fsp3) is 0.324. The molecule has 0 bridgehead atoms. The molecule has 1 fully saturated rings. The van der Waals surface area contributed by atoms with E-state index < -0.39 is 57.6 Å². The van der Waals surface area contributed by atoms with E-state index in [0.717, 1.165) is 0 Å². The summed E-state index contributed by atoms with van der Waals surface area (Å²) < 4.78 is 35.0. The first-order chi connectivity index (χ1) is 23.4. The van der Waals surface area contributed by atoms with Crippen molar-refractivity contribution < 1.29 is 47.0 Å². The van der Waals surface area contributed by atoms with Crippen molar-refractivity contribution in [2.24, 2.45) is 5.73 Å². The first-order valence-electron chi connectivity index (χ1n) is 15.5. The van der Waals surface area contributed by atoms with Crippen LogP contribution in [0.4, 0.5) is 0 Å². The molecule has 4 amide bonds. The molecule has 14 nitrogen and oxygen atoms in total. The number of para-hydroxylation sites is 1. The van der Waals surface area contributed by atoms with E-state index >= 15 is 0 Å². The number of hydrogen-bond donors (Lipinski definition) is 5. The summed E-state index contributed by atoms with van der Waals surface area (Å²) in [7, 11) is -3.38. The van der Waals surface area contributed by atoms with Gasteiger partial charge in [-0.1, -0.05) is 24.3 Å². The number of ether oxygens (including phenoxy) is 2. The van der Waals surface area contributed by atoms with Gasteiger partial charge in [-0.3, -0.25) is 19.2 Å². The van der Waals surface area contributed by atoms with Gasteiger partial charge in [0.1, 0.15) is 28.8 Å². The van der Waals surface area contributed by atoms with Crippen LogP contribution in [0.3, 0.4) is 0 Å². The minimum atomic E-state index is -3.38. The van der Waals surface area contributed by atoms with Crippen LogP contribution >= 0.6 is 0 Å². The van der Waals surface area contributed by atoms with E-state index in [1.54, 1.807) is 36.4 Å². The molecule has 1 atom stereocenters. The lowest BCUT2D eigenvalue weighted by molar-refractivity contribution is -0.139. The number of carboxylic acids is 1. The van der Waals surface area contributed by atoms with Crippen molar-refractivity contribution in [1.29, 1.82) is 0 Å². The molecule has 260 valence electrons. The van der Waals surface area contributed by atoms with Crippen molar-refractivity contribution in [2.75, 3.05) is 24.7 Å². The van der Waals surface area contributed by atoms with Crippen molar-refractivity contribution in [3.63, 3.8) is 0 Å². The van der Waals surface area contributed by atoms with Crippen LogP contribution in [-0.4, -0.2) is 79.4 Å². The average molecular weight is 695 g/mol. The lowest BCUT2D eigenvalue weighted by Crippen LogP contribution is -2.63. The van der Waals surface area contributed by atoms with Crippen molar-refractivity contribution in [1.82, 2.24) is 16.0 Å². The summed E-state index contributed by atoms with van der Waals surface area (Å²) in [6.07, 6.45) is 0.519. The number of aliphatic carboxylic acids is 1. The van der Waals surface area contributed by atoms with Gasteiger partial charge in [0, 0.05) is 17.7 Å². The van der Waals surface area contributed by atoms with Crippen molar-refractivity contribution in [3.05, 3.63) is 90.0 Å². The van der Waals surface area contributed by atoms with Crippen LogP contribution in [0.15, 0.2) is 78.9 Å². The number of nitrogens with two attached hydrogens (primary N) is 1. The minimum absolute atomic E-state index is 0.119. The Hall–Kier alpha value is -5.44. The molecule has 0 aliphatic carbocycles. The van der Waals surface area contributed by atoms with Gasteiger partial charge in [0.15, 0.2) is 16.4 Å². The van der Waals surface area contributed by atoms with E-state index in [4.69, 9.17) is 20.3 Å². The Labute approximate surface area is 283 Å². The fourth-order valence-corrected chi connectivity index (χ4v) is 6.62. The summed E-state index contributed by atoms with van der Waals surface area (Å²) in [6.45, 7) is -0.336. The smallest absolute Gasteiger partial charge is 0.341 e. The van der Waals surface area contributed by atoms with Crippen LogP contribution in [0.25, 0.3) is 0 Å². The van der Waals surface area contributed by atoms with Crippen molar-refractivity contribution in [2.45, 2.75) is 43.7 Å². The fourth-order valence-electron chi connectivity index (χ4n) is 5.10. The van der Waals surface area contributed by atoms with Gasteiger partial charge < -0.3 is 36.3 Å². The summed E-state index contributed by atoms with van der Waals surface area (Å²) in [5.74, 6) is -3.00. The predicted octanol–water partition coefficient (Wildman–Crippen LogP) is 2.19. The zero-order valence-corrected chi connectivity index (χ0v) is 27.4. The monoisotopic (exact) mass is 694 g/mol. The van der Waals surface area contributed by atoms with Gasteiger partial charge in [0.2, 0.25) is 11.8 Å². The molecule has 0 spiro atoms. The second kappa shape index (κ2) is 16.6. The standard InChI is InChI=1S/C34H38N4O10S/c35-33(44)34(16-19-49(45,46)20-17-34)38-32(43)28(37-31(42)23-12-14-26(15-13-23)48-25-8-2-1-3-9-25)11-4-5-18-36-30(41)24-7-6-10-27(21-24)47-22-29(39)40/h1-3,6-10,12-15,21,28H,4-5,11,16-20,22H2,(H2,35,44)(H,36,41)(H,37,42)(H,38,43)(H,39,40)/t28-/m0/s1. The Kier molecular flexibility index (Phi) is 12.3. The zero-order chi connectivity index (χ0) is 35.4. The van der Waals surface area contributed by atoms with E-state index in [0.29, 0.717) is 24.3 Å². The van der Waals surface area contributed by atoms with E-state index in [-0.39, 0.29) is 54.2 Å². The molecule has 3 aromatic carbocycles. The Morgan fingerprint density at radius 3 is 2.12 bits per heavy atom. The first kappa shape index (κ1) is 36.4. The first-order valence-corrected chi connectivity index (χ1v) is 17.4. The zero-order valence-electron chi connectivity index (χ0n) is 26.6. The highest BCUT2D eigenvalue weighted by atomic mass is 32.2. The Balaban J connectivity index is 1.39. The van der Waals surface area contributed by atoms with E-state index in [1.807, 2.05) is 18.2 Å². The topological polar surface area (TPSA) is 220 Å². The van der Waals surface area contributed by atoms with Crippen molar-refractivity contribution in [3.8, 4) is 17.2 Å². The summed E-state index contributed by atoms with van der Waals surface area (Å²) in [4.78, 5) is 62.7. The lowest BCUT2D eigenvalue weighted by atomic mass is 9.90. The molecule has 1 aliphatic rings. The summed E-state index contributed by atoms with van der Waals surface area (Å²) >= 11 is 0. The summed E-state index contributed by atoms with van der Waals surface area (Å²) in [5.41, 5.74) is 4.56. The number of amides is 4. The molecule has 1 aliphatic heterocycles. The van der Waals surface area contributed by atoms with Crippen LogP contribution in [-0.2, 0) is 24.2 Å². The number of primary amides is 1. The van der Waals surface area contributed by atoms with E-state index in [2.05, 4.69) is 16.0 Å². The molecule has 3 aromatic rings. The normalized spacial score (nSPS) is 15.2. The van der Waals surface area contributed by atoms with Crippen LogP contribution in [0.2, 0.25) is 0 Å².